The Kier molecular flexibility index (Phi) is 1.86. The summed E-state index contributed by atoms with van der Waals surface area (Å²) in [5.41, 5.74) is 5.27. The third-order valence-electron chi connectivity index (χ3n) is 0.971. The Bertz CT molecular complexity index is 245. The second-order valence-electron chi connectivity index (χ2n) is 1.65. The van der Waals surface area contributed by atoms with Crippen molar-refractivity contribution in [2.45, 2.75) is 0 Å². The first-order valence-electron chi connectivity index (χ1n) is 2.67. The van der Waals surface area contributed by atoms with Crippen LogP contribution in [0.2, 0.25) is 0 Å². The Hall–Kier alpha value is -1.10. The molecule has 1 aromatic rings. The van der Waals surface area contributed by atoms with Crippen LogP contribution in [0.4, 0.5) is 5.13 Å². The maximum Gasteiger partial charge on any atom is 0.268 e. The number of anilines is 1. The van der Waals surface area contributed by atoms with Gasteiger partial charge in [0.2, 0.25) is 0 Å². The number of aromatic nitrogens is 1. The SMILES string of the molecule is CNc1nc(C(N)=O)cs1. The number of nitrogens with two attached hydrogens (primary N) is 1. The highest BCUT2D eigenvalue weighted by Gasteiger charge is 2.03. The van der Waals surface area contributed by atoms with Gasteiger partial charge < -0.3 is 11.1 Å². The molecule has 0 aliphatic rings. The number of nitrogens with zero attached hydrogens (tertiary/aromatic N) is 1. The number of nitrogens with one attached hydrogen (secondary N) is 1. The lowest BCUT2D eigenvalue weighted by Gasteiger charge is -1.86. The average molecular weight is 157 g/mol. The monoisotopic (exact) mass is 157 g/mol. The van der Waals surface area contributed by atoms with E-state index in [0.29, 0.717) is 10.8 Å². The highest BCUT2D eigenvalue weighted by Crippen LogP contribution is 2.13. The Balaban J connectivity index is 2.88. The molecule has 1 heterocycles. The number of carbonyl (C=O) groups excluding carboxylic acids is 1. The van der Waals surface area contributed by atoms with E-state index in [4.69, 9.17) is 5.73 Å². The minimum atomic E-state index is -0.488. The van der Waals surface area contributed by atoms with Crippen LogP contribution in [0.25, 0.3) is 0 Å². The first kappa shape index (κ1) is 7.01. The van der Waals surface area contributed by atoms with Gasteiger partial charge in [0, 0.05) is 12.4 Å². The Morgan fingerprint density at radius 3 is 2.90 bits per heavy atom. The molecule has 0 aromatic carbocycles. The van der Waals surface area contributed by atoms with Crippen LogP contribution in [0.5, 0.6) is 0 Å². The maximum absolute atomic E-state index is 10.5. The Morgan fingerprint density at radius 1 is 1.90 bits per heavy atom. The van der Waals surface area contributed by atoms with Gasteiger partial charge in [0.1, 0.15) is 5.69 Å². The fraction of sp³-hybridized carbons (Fsp3) is 0.200. The average Bonchev–Trinajstić information content (AvgIpc) is 2.34. The summed E-state index contributed by atoms with van der Waals surface area (Å²) >= 11 is 1.35. The topological polar surface area (TPSA) is 68.0 Å². The summed E-state index contributed by atoms with van der Waals surface area (Å²) in [4.78, 5) is 14.3. The highest BCUT2D eigenvalue weighted by atomic mass is 32.1. The van der Waals surface area contributed by atoms with Crippen LogP contribution >= 0.6 is 11.3 Å². The van der Waals surface area contributed by atoms with Crippen molar-refractivity contribution in [1.29, 1.82) is 0 Å². The van der Waals surface area contributed by atoms with Crippen LogP contribution in [0, 0.1) is 0 Å². The first-order chi connectivity index (χ1) is 4.74. The lowest BCUT2D eigenvalue weighted by molar-refractivity contribution is 0.0996. The molecule has 0 fully saturated rings. The molecule has 3 N–H and O–H groups in total. The largest absolute Gasteiger partial charge is 0.365 e. The zero-order valence-corrected chi connectivity index (χ0v) is 6.23. The molecule has 54 valence electrons. The van der Waals surface area contributed by atoms with Gasteiger partial charge in [-0.3, -0.25) is 4.79 Å². The van der Waals surface area contributed by atoms with Crippen molar-refractivity contribution in [2.24, 2.45) is 5.73 Å². The molecule has 5 heteroatoms. The van der Waals surface area contributed by atoms with Crippen LogP contribution < -0.4 is 11.1 Å². The molecule has 1 rings (SSSR count). The summed E-state index contributed by atoms with van der Waals surface area (Å²) in [5, 5.41) is 5.12. The second kappa shape index (κ2) is 2.66. The van der Waals surface area contributed by atoms with E-state index in [1.54, 1.807) is 12.4 Å². The molecular weight excluding hydrogens is 150 g/mol. The van der Waals surface area contributed by atoms with E-state index in [2.05, 4.69) is 10.3 Å². The molecule has 1 amide bonds. The van der Waals surface area contributed by atoms with Gasteiger partial charge in [0.05, 0.1) is 0 Å². The number of thiazole rings is 1. The van der Waals surface area contributed by atoms with E-state index in [1.807, 2.05) is 0 Å². The summed E-state index contributed by atoms with van der Waals surface area (Å²) in [6.07, 6.45) is 0. The van der Waals surface area contributed by atoms with Gasteiger partial charge in [-0.25, -0.2) is 4.98 Å². The van der Waals surface area contributed by atoms with Gasteiger partial charge in [-0.05, 0) is 0 Å². The zero-order chi connectivity index (χ0) is 7.56. The van der Waals surface area contributed by atoms with E-state index >= 15 is 0 Å². The molecule has 0 atom stereocenters. The molecule has 0 aliphatic carbocycles. The number of hydrogen-bond acceptors (Lipinski definition) is 4. The van der Waals surface area contributed by atoms with E-state index in [0.717, 1.165) is 0 Å². The molecule has 4 nitrogen and oxygen atoms in total. The van der Waals surface area contributed by atoms with Gasteiger partial charge in [0.25, 0.3) is 5.91 Å². The van der Waals surface area contributed by atoms with Crippen LogP contribution in [-0.2, 0) is 0 Å². The summed E-state index contributed by atoms with van der Waals surface area (Å²) < 4.78 is 0. The van der Waals surface area contributed by atoms with Crippen molar-refractivity contribution < 1.29 is 4.79 Å². The standard InChI is InChI=1S/C5H7N3OS/c1-7-5-8-3(2-10-5)4(6)9/h2H,1H3,(H2,6,9)(H,7,8). The lowest BCUT2D eigenvalue weighted by Crippen LogP contribution is -2.11. The number of rotatable bonds is 2. The van der Waals surface area contributed by atoms with Crippen molar-refractivity contribution in [1.82, 2.24) is 4.98 Å². The number of primary amides is 1. The maximum atomic E-state index is 10.5. The van der Waals surface area contributed by atoms with Crippen molar-refractivity contribution in [3.8, 4) is 0 Å². The summed E-state index contributed by atoms with van der Waals surface area (Å²) in [6.45, 7) is 0. The van der Waals surface area contributed by atoms with Gasteiger partial charge in [-0.2, -0.15) is 0 Å². The molecule has 0 bridgehead atoms. The van der Waals surface area contributed by atoms with Gasteiger partial charge in [0.15, 0.2) is 5.13 Å². The smallest absolute Gasteiger partial charge is 0.268 e. The second-order valence-corrected chi connectivity index (χ2v) is 2.51. The molecule has 0 saturated carbocycles. The van der Waals surface area contributed by atoms with Crippen LogP contribution in [0.1, 0.15) is 10.5 Å². The lowest BCUT2D eigenvalue weighted by atomic mass is 10.5. The van der Waals surface area contributed by atoms with Gasteiger partial charge in [-0.15, -0.1) is 11.3 Å². The third kappa shape index (κ3) is 1.24. The third-order valence-corrected chi connectivity index (χ3v) is 1.83. The summed E-state index contributed by atoms with van der Waals surface area (Å²) in [5.74, 6) is -0.488. The van der Waals surface area contributed by atoms with E-state index in [-0.39, 0.29) is 0 Å². The first-order valence-corrected chi connectivity index (χ1v) is 3.55. The normalized spacial score (nSPS) is 9.30. The zero-order valence-electron chi connectivity index (χ0n) is 5.42. The summed E-state index contributed by atoms with van der Waals surface area (Å²) in [6, 6.07) is 0. The van der Waals surface area contributed by atoms with Crippen LogP contribution in [0.15, 0.2) is 5.38 Å². The quantitative estimate of drug-likeness (QED) is 0.648. The predicted molar refractivity (Wildman–Crippen MR) is 40.2 cm³/mol. The number of carbonyl (C=O) groups is 1. The molecule has 0 spiro atoms. The predicted octanol–water partition coefficient (Wildman–Crippen LogP) is 0.284. The van der Waals surface area contributed by atoms with Crippen molar-refractivity contribution in [3.63, 3.8) is 0 Å². The summed E-state index contributed by atoms with van der Waals surface area (Å²) in [7, 11) is 1.74. The molecule has 10 heavy (non-hydrogen) atoms. The van der Waals surface area contributed by atoms with Crippen LogP contribution in [-0.4, -0.2) is 17.9 Å². The van der Waals surface area contributed by atoms with Crippen molar-refractivity contribution in [2.75, 3.05) is 12.4 Å². The minimum absolute atomic E-state index is 0.314. The molecule has 0 unspecified atom stereocenters. The molecule has 1 aromatic heterocycles. The Labute approximate surface area is 62.1 Å². The van der Waals surface area contributed by atoms with E-state index in [9.17, 15) is 4.79 Å². The molecule has 0 saturated heterocycles. The highest BCUT2D eigenvalue weighted by molar-refractivity contribution is 7.13. The van der Waals surface area contributed by atoms with Gasteiger partial charge >= 0.3 is 0 Å². The Morgan fingerprint density at radius 2 is 2.60 bits per heavy atom. The van der Waals surface area contributed by atoms with Crippen molar-refractivity contribution >= 4 is 22.4 Å². The van der Waals surface area contributed by atoms with E-state index < -0.39 is 5.91 Å². The molecule has 0 aliphatic heterocycles. The fourth-order valence-corrected chi connectivity index (χ4v) is 1.16. The minimum Gasteiger partial charge on any atom is -0.365 e. The van der Waals surface area contributed by atoms with Crippen molar-refractivity contribution in [3.05, 3.63) is 11.1 Å². The number of hydrogen-bond donors (Lipinski definition) is 2. The molecular formula is C5H7N3OS. The fourth-order valence-electron chi connectivity index (χ4n) is 0.502. The van der Waals surface area contributed by atoms with Crippen LogP contribution in [0.3, 0.4) is 0 Å². The van der Waals surface area contributed by atoms with Gasteiger partial charge in [-0.1, -0.05) is 0 Å². The molecule has 0 radical (unpaired) electrons. The van der Waals surface area contributed by atoms with E-state index in [1.165, 1.54) is 11.3 Å². The number of amides is 1.